The third kappa shape index (κ3) is 4.80. The number of carbonyl (C=O) groups is 1. The zero-order valence-electron chi connectivity index (χ0n) is 13.7. The van der Waals surface area contributed by atoms with Crippen LogP contribution in [-0.2, 0) is 4.79 Å². The third-order valence-corrected chi connectivity index (χ3v) is 3.49. The Morgan fingerprint density at radius 1 is 0.808 bits per heavy atom. The molecular weight excluding hydrogens is 338 g/mol. The first-order valence-electron chi connectivity index (χ1n) is 7.90. The normalized spacial score (nSPS) is 10.2. The molecule has 0 spiro atoms. The van der Waals surface area contributed by atoms with Gasteiger partial charge in [0.2, 0.25) is 0 Å². The molecule has 2 N–H and O–H groups in total. The summed E-state index contributed by atoms with van der Waals surface area (Å²) in [5.74, 6) is -1.94. The molecule has 0 saturated carbocycles. The zero-order valence-corrected chi connectivity index (χ0v) is 13.7. The van der Waals surface area contributed by atoms with E-state index in [4.69, 9.17) is 4.74 Å². The van der Waals surface area contributed by atoms with Gasteiger partial charge in [-0.15, -0.1) is 0 Å². The fourth-order valence-electron chi connectivity index (χ4n) is 2.24. The van der Waals surface area contributed by atoms with E-state index in [1.165, 1.54) is 6.07 Å². The molecular formula is C20H16F2N2O2. The number of halogens is 2. The lowest BCUT2D eigenvalue weighted by Crippen LogP contribution is -2.20. The maximum Gasteiger partial charge on any atom is 0.262 e. The van der Waals surface area contributed by atoms with E-state index >= 15 is 0 Å². The number of rotatable bonds is 6. The Kier molecular flexibility index (Phi) is 5.43. The summed E-state index contributed by atoms with van der Waals surface area (Å²) in [5.41, 5.74) is 2.02. The predicted octanol–water partition coefficient (Wildman–Crippen LogP) is 4.73. The van der Waals surface area contributed by atoms with E-state index in [0.29, 0.717) is 5.75 Å². The lowest BCUT2D eigenvalue weighted by Gasteiger charge is -2.09. The van der Waals surface area contributed by atoms with Crippen LogP contribution >= 0.6 is 0 Å². The van der Waals surface area contributed by atoms with Gasteiger partial charge < -0.3 is 15.4 Å². The van der Waals surface area contributed by atoms with Crippen LogP contribution in [0.3, 0.4) is 0 Å². The van der Waals surface area contributed by atoms with Gasteiger partial charge in [0.15, 0.2) is 18.2 Å². The van der Waals surface area contributed by atoms with Crippen molar-refractivity contribution in [3.63, 3.8) is 0 Å². The maximum absolute atomic E-state index is 13.1. The number of anilines is 3. The van der Waals surface area contributed by atoms with Gasteiger partial charge in [-0.1, -0.05) is 18.2 Å². The van der Waals surface area contributed by atoms with E-state index in [1.54, 1.807) is 12.1 Å². The summed E-state index contributed by atoms with van der Waals surface area (Å²) in [6.07, 6.45) is 0. The van der Waals surface area contributed by atoms with E-state index in [0.717, 1.165) is 23.5 Å². The second-order valence-corrected chi connectivity index (χ2v) is 5.48. The SMILES string of the molecule is O=C(COc1ccc(Nc2ccccc2)cc1)Nc1ccc(F)c(F)c1. The van der Waals surface area contributed by atoms with Crippen molar-refractivity contribution in [3.05, 3.63) is 84.4 Å². The summed E-state index contributed by atoms with van der Waals surface area (Å²) in [6.45, 7) is -0.246. The van der Waals surface area contributed by atoms with Crippen molar-refractivity contribution in [2.24, 2.45) is 0 Å². The van der Waals surface area contributed by atoms with E-state index in [2.05, 4.69) is 10.6 Å². The Hall–Kier alpha value is -3.41. The summed E-state index contributed by atoms with van der Waals surface area (Å²) in [5, 5.41) is 5.68. The number of benzene rings is 3. The quantitative estimate of drug-likeness (QED) is 0.673. The average molecular weight is 354 g/mol. The minimum absolute atomic E-state index is 0.167. The van der Waals surface area contributed by atoms with Crippen LogP contribution in [0.1, 0.15) is 0 Å². The number of nitrogens with one attached hydrogen (secondary N) is 2. The number of amides is 1. The van der Waals surface area contributed by atoms with Crippen molar-refractivity contribution in [2.75, 3.05) is 17.2 Å². The van der Waals surface area contributed by atoms with Crippen LogP contribution in [0.15, 0.2) is 72.8 Å². The molecule has 132 valence electrons. The summed E-state index contributed by atoms with van der Waals surface area (Å²) in [4.78, 5) is 11.8. The molecule has 3 aromatic carbocycles. The fourth-order valence-corrected chi connectivity index (χ4v) is 2.24. The number of para-hydroxylation sites is 1. The lowest BCUT2D eigenvalue weighted by molar-refractivity contribution is -0.118. The highest BCUT2D eigenvalue weighted by molar-refractivity contribution is 5.91. The summed E-state index contributed by atoms with van der Waals surface area (Å²) in [6, 6.07) is 20.0. The highest BCUT2D eigenvalue weighted by atomic mass is 19.2. The number of hydrogen-bond acceptors (Lipinski definition) is 3. The molecule has 3 aromatic rings. The van der Waals surface area contributed by atoms with Crippen LogP contribution in [0, 0.1) is 11.6 Å². The zero-order chi connectivity index (χ0) is 18.4. The molecule has 0 atom stereocenters. The molecule has 0 aliphatic carbocycles. The van der Waals surface area contributed by atoms with Crippen LogP contribution in [0.4, 0.5) is 25.8 Å². The van der Waals surface area contributed by atoms with Crippen molar-refractivity contribution in [1.29, 1.82) is 0 Å². The largest absolute Gasteiger partial charge is 0.484 e. The van der Waals surface area contributed by atoms with E-state index in [9.17, 15) is 13.6 Å². The first-order valence-corrected chi connectivity index (χ1v) is 7.90. The smallest absolute Gasteiger partial charge is 0.262 e. The molecule has 4 nitrogen and oxygen atoms in total. The Balaban J connectivity index is 1.51. The van der Waals surface area contributed by atoms with Crippen molar-refractivity contribution in [3.8, 4) is 5.75 Å². The van der Waals surface area contributed by atoms with Crippen molar-refractivity contribution < 1.29 is 18.3 Å². The van der Waals surface area contributed by atoms with Gasteiger partial charge in [0.1, 0.15) is 5.75 Å². The van der Waals surface area contributed by atoms with Crippen LogP contribution in [0.5, 0.6) is 5.75 Å². The minimum Gasteiger partial charge on any atom is -0.484 e. The molecule has 26 heavy (non-hydrogen) atoms. The molecule has 0 unspecified atom stereocenters. The monoisotopic (exact) mass is 354 g/mol. The second-order valence-electron chi connectivity index (χ2n) is 5.48. The number of ether oxygens (including phenoxy) is 1. The standard InChI is InChI=1S/C20H16F2N2O2/c21-18-11-8-16(12-19(18)22)24-20(25)13-26-17-9-6-15(7-10-17)23-14-4-2-1-3-5-14/h1-12,23H,13H2,(H,24,25). The summed E-state index contributed by atoms with van der Waals surface area (Å²) in [7, 11) is 0. The summed E-state index contributed by atoms with van der Waals surface area (Å²) >= 11 is 0. The van der Waals surface area contributed by atoms with Crippen molar-refractivity contribution >= 4 is 23.0 Å². The Bertz CT molecular complexity index is 884. The molecule has 0 aliphatic heterocycles. The molecule has 0 aromatic heterocycles. The van der Waals surface area contributed by atoms with Gasteiger partial charge in [-0.05, 0) is 48.5 Å². The third-order valence-electron chi connectivity index (χ3n) is 3.49. The highest BCUT2D eigenvalue weighted by Gasteiger charge is 2.07. The highest BCUT2D eigenvalue weighted by Crippen LogP contribution is 2.20. The van der Waals surface area contributed by atoms with Gasteiger partial charge in [-0.25, -0.2) is 8.78 Å². The van der Waals surface area contributed by atoms with Crippen LogP contribution in [0.2, 0.25) is 0 Å². The van der Waals surface area contributed by atoms with Crippen molar-refractivity contribution in [1.82, 2.24) is 0 Å². The van der Waals surface area contributed by atoms with Gasteiger partial charge in [-0.3, -0.25) is 4.79 Å². The van der Waals surface area contributed by atoms with Gasteiger partial charge in [0.05, 0.1) is 0 Å². The fraction of sp³-hybridized carbons (Fsp3) is 0.0500. The topological polar surface area (TPSA) is 50.4 Å². The molecule has 0 saturated heterocycles. The molecule has 0 radical (unpaired) electrons. The second kappa shape index (κ2) is 8.11. The Morgan fingerprint density at radius 2 is 1.46 bits per heavy atom. The molecule has 0 heterocycles. The van der Waals surface area contributed by atoms with E-state index < -0.39 is 17.5 Å². The first kappa shape index (κ1) is 17.4. The number of carbonyl (C=O) groups excluding carboxylic acids is 1. The molecule has 3 rings (SSSR count). The van der Waals surface area contributed by atoms with Crippen LogP contribution in [-0.4, -0.2) is 12.5 Å². The Labute approximate surface area is 149 Å². The average Bonchev–Trinajstić information content (AvgIpc) is 2.65. The predicted molar refractivity (Wildman–Crippen MR) is 96.6 cm³/mol. The van der Waals surface area contributed by atoms with Crippen LogP contribution < -0.4 is 15.4 Å². The lowest BCUT2D eigenvalue weighted by atomic mass is 10.2. The van der Waals surface area contributed by atoms with E-state index in [-0.39, 0.29) is 12.3 Å². The van der Waals surface area contributed by atoms with Gasteiger partial charge in [-0.2, -0.15) is 0 Å². The van der Waals surface area contributed by atoms with Gasteiger partial charge in [0.25, 0.3) is 5.91 Å². The van der Waals surface area contributed by atoms with Crippen molar-refractivity contribution in [2.45, 2.75) is 0 Å². The molecule has 0 aliphatic rings. The Morgan fingerprint density at radius 3 is 2.15 bits per heavy atom. The first-order chi connectivity index (χ1) is 12.6. The molecule has 0 bridgehead atoms. The summed E-state index contributed by atoms with van der Waals surface area (Å²) < 4.78 is 31.4. The molecule has 0 fully saturated rings. The van der Waals surface area contributed by atoms with Gasteiger partial charge >= 0.3 is 0 Å². The molecule has 6 heteroatoms. The molecule has 1 amide bonds. The van der Waals surface area contributed by atoms with E-state index in [1.807, 2.05) is 42.5 Å². The van der Waals surface area contributed by atoms with Gasteiger partial charge in [0, 0.05) is 23.1 Å². The maximum atomic E-state index is 13.1. The number of hydrogen-bond donors (Lipinski definition) is 2. The van der Waals surface area contributed by atoms with Crippen LogP contribution in [0.25, 0.3) is 0 Å². The minimum atomic E-state index is -1.02.